The minimum atomic E-state index is 0.571. The molecule has 0 aliphatic heterocycles. The summed E-state index contributed by atoms with van der Waals surface area (Å²) in [5.74, 6) is 1.41. The number of nitrogens with one attached hydrogen (secondary N) is 1. The monoisotopic (exact) mass is 297 g/mol. The number of benzene rings is 1. The van der Waals surface area contributed by atoms with E-state index in [1.54, 1.807) is 0 Å². The van der Waals surface area contributed by atoms with Crippen LogP contribution in [0.15, 0.2) is 28.7 Å². The summed E-state index contributed by atoms with van der Waals surface area (Å²) in [5, 5.41) is 3.62. The van der Waals surface area contributed by atoms with E-state index in [4.69, 9.17) is 0 Å². The Bertz CT molecular complexity index is 318. The molecular weight excluding hydrogens is 274 g/mol. The number of likely N-dealkylation sites (N-methyl/N-ethyl adjacent to an activating group) is 1. The van der Waals surface area contributed by atoms with E-state index in [9.17, 15) is 0 Å². The maximum Gasteiger partial charge on any atom is 0.0175 e. The Balaban J connectivity index is 2.69. The molecule has 0 fully saturated rings. The third-order valence-corrected chi connectivity index (χ3v) is 4.05. The molecule has 1 rings (SSSR count). The lowest BCUT2D eigenvalue weighted by molar-refractivity contribution is 0.300. The molecule has 1 nitrogen and oxygen atoms in total. The molecule has 0 heterocycles. The number of rotatable bonds is 6. The van der Waals surface area contributed by atoms with Crippen molar-refractivity contribution in [3.8, 4) is 0 Å². The fourth-order valence-corrected chi connectivity index (χ4v) is 2.31. The molecule has 1 N–H and O–H groups in total. The van der Waals surface area contributed by atoms with Crippen molar-refractivity contribution < 1.29 is 0 Å². The number of hydrogen-bond donors (Lipinski definition) is 1. The molecule has 0 aliphatic carbocycles. The Labute approximate surface area is 114 Å². The normalized spacial score (nSPS) is 14.9. The molecule has 2 unspecified atom stereocenters. The van der Waals surface area contributed by atoms with Crippen LogP contribution in [0.1, 0.15) is 33.3 Å². The van der Waals surface area contributed by atoms with Gasteiger partial charge < -0.3 is 5.32 Å². The van der Waals surface area contributed by atoms with E-state index >= 15 is 0 Å². The molecule has 0 bridgehead atoms. The van der Waals surface area contributed by atoms with Gasteiger partial charge in [-0.25, -0.2) is 0 Å². The predicted octanol–water partition coefficient (Wildman–Crippen LogP) is 4.26. The summed E-state index contributed by atoms with van der Waals surface area (Å²) in [4.78, 5) is 0. The second-order valence-corrected chi connectivity index (χ2v) is 6.01. The van der Waals surface area contributed by atoms with Gasteiger partial charge in [-0.1, -0.05) is 55.8 Å². The van der Waals surface area contributed by atoms with Crippen LogP contribution in [0.2, 0.25) is 0 Å². The first-order chi connectivity index (χ1) is 8.04. The van der Waals surface area contributed by atoms with Crippen molar-refractivity contribution in [2.24, 2.45) is 11.8 Å². The van der Waals surface area contributed by atoms with Crippen molar-refractivity contribution in [2.75, 3.05) is 6.54 Å². The van der Waals surface area contributed by atoms with E-state index < -0.39 is 0 Å². The molecule has 96 valence electrons. The van der Waals surface area contributed by atoms with Crippen molar-refractivity contribution in [1.82, 2.24) is 5.32 Å². The Morgan fingerprint density at radius 1 is 1.12 bits per heavy atom. The zero-order chi connectivity index (χ0) is 12.8. The minimum absolute atomic E-state index is 0.571. The Morgan fingerprint density at radius 2 is 1.71 bits per heavy atom. The van der Waals surface area contributed by atoms with Gasteiger partial charge in [0, 0.05) is 10.5 Å². The lowest BCUT2D eigenvalue weighted by Gasteiger charge is -2.28. The third kappa shape index (κ3) is 4.81. The maximum atomic E-state index is 3.62. The van der Waals surface area contributed by atoms with Crippen molar-refractivity contribution in [3.63, 3.8) is 0 Å². The molecule has 0 spiro atoms. The van der Waals surface area contributed by atoms with Crippen LogP contribution in [0, 0.1) is 11.8 Å². The first-order valence-corrected chi connectivity index (χ1v) is 7.31. The average Bonchev–Trinajstić information content (AvgIpc) is 2.30. The van der Waals surface area contributed by atoms with Gasteiger partial charge in [0.05, 0.1) is 0 Å². The maximum absolute atomic E-state index is 3.62. The lowest BCUT2D eigenvalue weighted by Crippen LogP contribution is -2.38. The Morgan fingerprint density at radius 3 is 2.18 bits per heavy atom. The molecular formula is C15H24BrN. The van der Waals surface area contributed by atoms with Crippen molar-refractivity contribution >= 4 is 15.9 Å². The molecule has 0 radical (unpaired) electrons. The second kappa shape index (κ2) is 7.17. The number of halogens is 1. The van der Waals surface area contributed by atoms with Gasteiger partial charge in [0.15, 0.2) is 0 Å². The fraction of sp³-hybridized carbons (Fsp3) is 0.600. The van der Waals surface area contributed by atoms with Gasteiger partial charge in [-0.2, -0.15) is 0 Å². The summed E-state index contributed by atoms with van der Waals surface area (Å²) in [5.41, 5.74) is 1.41. The van der Waals surface area contributed by atoms with Gasteiger partial charge in [-0.15, -0.1) is 0 Å². The van der Waals surface area contributed by atoms with Gasteiger partial charge in [-0.05, 0) is 42.5 Å². The summed E-state index contributed by atoms with van der Waals surface area (Å²) in [6.07, 6.45) is 1.11. The standard InChI is InChI=1S/C15H24BrN/c1-5-17-15(12(4)11(2)3)10-13-6-8-14(16)9-7-13/h6-9,11-12,15,17H,5,10H2,1-4H3. The van der Waals surface area contributed by atoms with E-state index in [2.05, 4.69) is 73.2 Å². The van der Waals surface area contributed by atoms with Crippen LogP contribution < -0.4 is 5.32 Å². The summed E-state index contributed by atoms with van der Waals surface area (Å²) >= 11 is 3.48. The van der Waals surface area contributed by atoms with Crippen molar-refractivity contribution in [2.45, 2.75) is 40.2 Å². The van der Waals surface area contributed by atoms with Crippen LogP contribution in [0.4, 0.5) is 0 Å². The molecule has 2 atom stereocenters. The van der Waals surface area contributed by atoms with Gasteiger partial charge in [0.25, 0.3) is 0 Å². The lowest BCUT2D eigenvalue weighted by atomic mass is 9.86. The SMILES string of the molecule is CCNC(Cc1ccc(Br)cc1)C(C)C(C)C. The van der Waals surface area contributed by atoms with Gasteiger partial charge in [-0.3, -0.25) is 0 Å². The average molecular weight is 298 g/mol. The van der Waals surface area contributed by atoms with Crippen LogP contribution in [0.3, 0.4) is 0 Å². The van der Waals surface area contributed by atoms with Crippen LogP contribution in [-0.2, 0) is 6.42 Å². The largest absolute Gasteiger partial charge is 0.314 e. The molecule has 17 heavy (non-hydrogen) atoms. The highest BCUT2D eigenvalue weighted by atomic mass is 79.9. The zero-order valence-electron chi connectivity index (χ0n) is 11.3. The van der Waals surface area contributed by atoms with Gasteiger partial charge in [0.2, 0.25) is 0 Å². The molecule has 0 saturated carbocycles. The summed E-state index contributed by atoms with van der Waals surface area (Å²) < 4.78 is 1.15. The predicted molar refractivity (Wildman–Crippen MR) is 79.3 cm³/mol. The first-order valence-electron chi connectivity index (χ1n) is 6.52. The van der Waals surface area contributed by atoms with Gasteiger partial charge >= 0.3 is 0 Å². The van der Waals surface area contributed by atoms with E-state index in [0.29, 0.717) is 12.0 Å². The van der Waals surface area contributed by atoms with Crippen molar-refractivity contribution in [1.29, 1.82) is 0 Å². The molecule has 0 saturated heterocycles. The van der Waals surface area contributed by atoms with Gasteiger partial charge in [0.1, 0.15) is 0 Å². The smallest absolute Gasteiger partial charge is 0.0175 e. The molecule has 0 aliphatic rings. The van der Waals surface area contributed by atoms with E-state index in [-0.39, 0.29) is 0 Å². The number of hydrogen-bond acceptors (Lipinski definition) is 1. The second-order valence-electron chi connectivity index (χ2n) is 5.10. The van der Waals surface area contributed by atoms with E-state index in [0.717, 1.165) is 23.4 Å². The quantitative estimate of drug-likeness (QED) is 0.827. The molecule has 1 aromatic rings. The fourth-order valence-electron chi connectivity index (χ4n) is 2.05. The highest BCUT2D eigenvalue weighted by Crippen LogP contribution is 2.19. The first kappa shape index (κ1) is 14.7. The van der Waals surface area contributed by atoms with Crippen LogP contribution in [-0.4, -0.2) is 12.6 Å². The minimum Gasteiger partial charge on any atom is -0.314 e. The zero-order valence-corrected chi connectivity index (χ0v) is 12.9. The van der Waals surface area contributed by atoms with E-state index in [1.807, 2.05) is 0 Å². The molecule has 0 aromatic heterocycles. The molecule has 0 amide bonds. The molecule has 2 heteroatoms. The van der Waals surface area contributed by atoms with Crippen LogP contribution >= 0.6 is 15.9 Å². The summed E-state index contributed by atoms with van der Waals surface area (Å²) in [6, 6.07) is 9.24. The van der Waals surface area contributed by atoms with Crippen LogP contribution in [0.5, 0.6) is 0 Å². The Hall–Kier alpha value is -0.340. The third-order valence-electron chi connectivity index (χ3n) is 3.52. The topological polar surface area (TPSA) is 12.0 Å². The van der Waals surface area contributed by atoms with E-state index in [1.165, 1.54) is 5.56 Å². The van der Waals surface area contributed by atoms with Crippen LogP contribution in [0.25, 0.3) is 0 Å². The van der Waals surface area contributed by atoms with Crippen molar-refractivity contribution in [3.05, 3.63) is 34.3 Å². The summed E-state index contributed by atoms with van der Waals surface area (Å²) in [6.45, 7) is 10.2. The Kier molecular flexibility index (Phi) is 6.21. The highest BCUT2D eigenvalue weighted by Gasteiger charge is 2.19. The molecule has 1 aromatic carbocycles. The summed E-state index contributed by atoms with van der Waals surface area (Å²) in [7, 11) is 0. The highest BCUT2D eigenvalue weighted by molar-refractivity contribution is 9.10.